The van der Waals surface area contributed by atoms with Crippen LogP contribution in [0.4, 0.5) is 0 Å². The fourth-order valence-corrected chi connectivity index (χ4v) is 5.64. The van der Waals surface area contributed by atoms with Crippen LogP contribution in [0.5, 0.6) is 0 Å². The van der Waals surface area contributed by atoms with Gasteiger partial charge in [-0.2, -0.15) is 0 Å². The first kappa shape index (κ1) is 19.4. The van der Waals surface area contributed by atoms with E-state index in [2.05, 4.69) is 48.5 Å². The van der Waals surface area contributed by atoms with Gasteiger partial charge in [0.05, 0.1) is 22.1 Å². The molecule has 0 spiro atoms. The highest BCUT2D eigenvalue weighted by Crippen LogP contribution is 2.25. The molecule has 2 aromatic heterocycles. The molecule has 3 heterocycles. The van der Waals surface area contributed by atoms with Crippen molar-refractivity contribution in [3.05, 3.63) is 93.8 Å². The molecule has 0 amide bonds. The first-order valence-corrected chi connectivity index (χ1v) is 11.9. The minimum atomic E-state index is 0.0396. The van der Waals surface area contributed by atoms with Gasteiger partial charge in [-0.25, -0.2) is 9.59 Å². The Morgan fingerprint density at radius 2 is 0.706 bits per heavy atom. The van der Waals surface area contributed by atoms with Crippen LogP contribution in [-0.2, 0) is 26.2 Å². The summed E-state index contributed by atoms with van der Waals surface area (Å²) in [5.41, 5.74) is 3.97. The van der Waals surface area contributed by atoms with Crippen molar-refractivity contribution in [2.24, 2.45) is 0 Å². The Hall–Kier alpha value is -4.06. The number of benzene rings is 4. The van der Waals surface area contributed by atoms with Crippen LogP contribution in [0.2, 0.25) is 0 Å². The summed E-state index contributed by atoms with van der Waals surface area (Å²) in [4.78, 5) is 26.9. The Morgan fingerprint density at radius 3 is 0.971 bits per heavy atom. The van der Waals surface area contributed by atoms with Gasteiger partial charge in [0.15, 0.2) is 0 Å². The molecule has 0 fully saturated rings. The second-order valence-corrected chi connectivity index (χ2v) is 9.25. The van der Waals surface area contributed by atoms with Crippen molar-refractivity contribution in [2.45, 2.75) is 39.0 Å². The standard InChI is InChI=1S/C28H24N4O2/c33-27-29-11-5-13-31-25-17-21-9-3-4-10-22(21)18-26(25)32(28(31)34)14-6-12-30(27)24-16-20-8-2-1-7-19(20)15-23(24)29/h1-4,7-10,15-18H,5-6,11-14H2. The Balaban J connectivity index is 1.40. The van der Waals surface area contributed by atoms with Gasteiger partial charge in [0.2, 0.25) is 0 Å². The van der Waals surface area contributed by atoms with Crippen molar-refractivity contribution < 1.29 is 0 Å². The highest BCUT2D eigenvalue weighted by molar-refractivity contribution is 5.96. The summed E-state index contributed by atoms with van der Waals surface area (Å²) < 4.78 is 7.57. The van der Waals surface area contributed by atoms with Gasteiger partial charge >= 0.3 is 11.4 Å². The van der Waals surface area contributed by atoms with E-state index >= 15 is 0 Å². The molecule has 0 saturated carbocycles. The Labute approximate surface area is 194 Å². The molecule has 1 aliphatic heterocycles. The van der Waals surface area contributed by atoms with E-state index in [1.54, 1.807) is 0 Å². The monoisotopic (exact) mass is 448 g/mol. The molecule has 34 heavy (non-hydrogen) atoms. The van der Waals surface area contributed by atoms with Gasteiger partial charge in [-0.3, -0.25) is 18.3 Å². The van der Waals surface area contributed by atoms with Crippen molar-refractivity contribution in [3.8, 4) is 0 Å². The lowest BCUT2D eigenvalue weighted by Gasteiger charge is -2.07. The van der Waals surface area contributed by atoms with E-state index in [9.17, 15) is 9.59 Å². The number of imidazole rings is 2. The van der Waals surface area contributed by atoms with Crippen molar-refractivity contribution in [2.75, 3.05) is 0 Å². The molecule has 4 aromatic carbocycles. The van der Waals surface area contributed by atoms with E-state index in [4.69, 9.17) is 0 Å². The number of hydrogen-bond donors (Lipinski definition) is 0. The molecule has 0 atom stereocenters. The molecule has 0 saturated heterocycles. The van der Waals surface area contributed by atoms with Crippen molar-refractivity contribution in [3.63, 3.8) is 0 Å². The fourth-order valence-electron chi connectivity index (χ4n) is 5.64. The minimum absolute atomic E-state index is 0.0396. The lowest BCUT2D eigenvalue weighted by Crippen LogP contribution is -2.29. The quantitative estimate of drug-likeness (QED) is 0.338. The Morgan fingerprint density at radius 1 is 0.441 bits per heavy atom. The largest absolute Gasteiger partial charge is 0.329 e. The molecular weight excluding hydrogens is 424 g/mol. The lowest BCUT2D eigenvalue weighted by atomic mass is 10.1. The van der Waals surface area contributed by atoms with Crippen LogP contribution in [0.15, 0.2) is 82.4 Å². The van der Waals surface area contributed by atoms with E-state index in [1.165, 1.54) is 0 Å². The molecule has 6 nitrogen and oxygen atoms in total. The van der Waals surface area contributed by atoms with Crippen LogP contribution in [0.3, 0.4) is 0 Å². The topological polar surface area (TPSA) is 53.9 Å². The number of fused-ring (bicyclic) bond motifs is 12. The normalized spacial score (nSPS) is 14.6. The van der Waals surface area contributed by atoms with Crippen LogP contribution in [-0.4, -0.2) is 18.3 Å². The molecule has 0 aliphatic carbocycles. The third kappa shape index (κ3) is 2.75. The summed E-state index contributed by atoms with van der Waals surface area (Å²) in [6, 6.07) is 25.0. The zero-order valence-corrected chi connectivity index (χ0v) is 18.8. The van der Waals surface area contributed by atoms with Crippen LogP contribution < -0.4 is 11.4 Å². The van der Waals surface area contributed by atoms with Gasteiger partial charge in [0.25, 0.3) is 0 Å². The predicted molar refractivity (Wildman–Crippen MR) is 137 cm³/mol. The number of aromatic nitrogens is 4. The van der Waals surface area contributed by atoms with E-state index < -0.39 is 0 Å². The SMILES string of the molecule is O=c1n2c3cc4ccccc4cc3n1CCCn1c(=O)n(c3cc4ccccc4cc31)CCC2. The van der Waals surface area contributed by atoms with E-state index in [0.717, 1.165) is 43.6 Å². The van der Waals surface area contributed by atoms with Crippen molar-refractivity contribution in [1.29, 1.82) is 0 Å². The maximum absolute atomic E-state index is 13.4. The van der Waals surface area contributed by atoms with Crippen LogP contribution >= 0.6 is 0 Å². The number of rotatable bonds is 0. The third-order valence-corrected chi connectivity index (χ3v) is 7.30. The predicted octanol–water partition coefficient (Wildman–Crippen LogP) is 4.72. The molecule has 0 N–H and O–H groups in total. The highest BCUT2D eigenvalue weighted by Gasteiger charge is 2.18. The first-order valence-electron chi connectivity index (χ1n) is 11.9. The average Bonchev–Trinajstić information content (AvgIpc) is 3.26. The summed E-state index contributed by atoms with van der Waals surface area (Å²) in [6.07, 6.45) is 1.41. The van der Waals surface area contributed by atoms with Crippen LogP contribution in [0, 0.1) is 0 Å². The molecule has 1 aliphatic rings. The third-order valence-electron chi connectivity index (χ3n) is 7.30. The first-order chi connectivity index (χ1) is 16.7. The fraction of sp³-hybridized carbons (Fsp3) is 0.214. The van der Waals surface area contributed by atoms with Gasteiger partial charge in [-0.05, 0) is 58.7 Å². The van der Waals surface area contributed by atoms with Gasteiger partial charge in [0, 0.05) is 26.2 Å². The summed E-state index contributed by atoms with van der Waals surface area (Å²) >= 11 is 0. The molecule has 0 radical (unpaired) electrons. The Kier molecular flexibility index (Phi) is 4.12. The van der Waals surface area contributed by atoms with E-state index in [-0.39, 0.29) is 11.4 Å². The van der Waals surface area contributed by atoms with Crippen LogP contribution in [0.25, 0.3) is 43.6 Å². The van der Waals surface area contributed by atoms with Gasteiger partial charge in [0.1, 0.15) is 0 Å². The summed E-state index contributed by atoms with van der Waals surface area (Å²) in [7, 11) is 0. The highest BCUT2D eigenvalue weighted by atomic mass is 16.2. The molecule has 6 heteroatoms. The summed E-state index contributed by atoms with van der Waals surface area (Å²) in [5, 5.41) is 4.54. The molecule has 0 unspecified atom stereocenters. The number of nitrogens with zero attached hydrogens (tertiary/aromatic N) is 4. The lowest BCUT2D eigenvalue weighted by molar-refractivity contribution is 0.499. The zero-order valence-electron chi connectivity index (χ0n) is 18.8. The average molecular weight is 449 g/mol. The van der Waals surface area contributed by atoms with Gasteiger partial charge < -0.3 is 0 Å². The zero-order chi connectivity index (χ0) is 22.8. The van der Waals surface area contributed by atoms with E-state index in [1.807, 2.05) is 42.5 Å². The molecule has 168 valence electrons. The molecule has 6 aromatic rings. The second-order valence-electron chi connectivity index (χ2n) is 9.25. The van der Waals surface area contributed by atoms with Gasteiger partial charge in [-0.15, -0.1) is 0 Å². The summed E-state index contributed by atoms with van der Waals surface area (Å²) in [5.74, 6) is 0. The minimum Gasteiger partial charge on any atom is -0.292 e. The van der Waals surface area contributed by atoms with Crippen molar-refractivity contribution >= 4 is 43.6 Å². The smallest absolute Gasteiger partial charge is 0.292 e. The summed E-state index contributed by atoms with van der Waals surface area (Å²) in [6.45, 7) is 2.31. The molecule has 4 bridgehead atoms. The van der Waals surface area contributed by atoms with Gasteiger partial charge in [-0.1, -0.05) is 48.5 Å². The van der Waals surface area contributed by atoms with E-state index in [0.29, 0.717) is 39.0 Å². The Bertz CT molecular complexity index is 1600. The molecule has 7 rings (SSSR count). The maximum atomic E-state index is 13.4. The second kappa shape index (κ2) is 7.22. The number of hydrogen-bond acceptors (Lipinski definition) is 2. The van der Waals surface area contributed by atoms with Crippen molar-refractivity contribution in [1.82, 2.24) is 18.3 Å². The van der Waals surface area contributed by atoms with Crippen LogP contribution in [0.1, 0.15) is 12.8 Å². The maximum Gasteiger partial charge on any atom is 0.329 e. The number of aryl methyl sites for hydroxylation is 4. The molecular formula is C28H24N4O2.